The summed E-state index contributed by atoms with van der Waals surface area (Å²) in [4.78, 5) is 2.16. The maximum Gasteiger partial charge on any atom is 0.0642 e. The van der Waals surface area contributed by atoms with Gasteiger partial charge in [-0.15, -0.1) is 0 Å². The van der Waals surface area contributed by atoms with Crippen molar-refractivity contribution in [1.29, 1.82) is 0 Å². The molecule has 0 amide bonds. The van der Waals surface area contributed by atoms with Gasteiger partial charge < -0.3 is 10.6 Å². The fraction of sp³-hybridized carbons (Fsp3) is 0.333. The average molecular weight is 190 g/mol. The fourth-order valence-electron chi connectivity index (χ4n) is 1.41. The molecule has 1 aromatic carbocycles. The van der Waals surface area contributed by atoms with Gasteiger partial charge >= 0.3 is 0 Å². The first-order valence-electron chi connectivity index (χ1n) is 4.92. The van der Waals surface area contributed by atoms with Crippen LogP contribution in [0, 0.1) is 0 Å². The molecule has 0 aliphatic rings. The minimum atomic E-state index is 0.413. The van der Waals surface area contributed by atoms with Crippen molar-refractivity contribution in [2.45, 2.75) is 26.8 Å². The number of rotatable bonds is 3. The molecular formula is C12H18N2. The topological polar surface area (TPSA) is 29.3 Å². The van der Waals surface area contributed by atoms with E-state index in [1.54, 1.807) is 0 Å². The summed E-state index contributed by atoms with van der Waals surface area (Å²) < 4.78 is 0. The molecule has 0 bridgehead atoms. The lowest BCUT2D eigenvalue weighted by Crippen LogP contribution is -2.25. The molecule has 2 nitrogen and oxygen atoms in total. The van der Waals surface area contributed by atoms with E-state index >= 15 is 0 Å². The Labute approximate surface area is 86.0 Å². The van der Waals surface area contributed by atoms with Crippen LogP contribution < -0.4 is 10.6 Å². The van der Waals surface area contributed by atoms with Gasteiger partial charge in [0.05, 0.1) is 11.4 Å². The monoisotopic (exact) mass is 190 g/mol. The maximum absolute atomic E-state index is 5.91. The van der Waals surface area contributed by atoms with Gasteiger partial charge in [0, 0.05) is 12.2 Å². The zero-order valence-electron chi connectivity index (χ0n) is 9.07. The van der Waals surface area contributed by atoms with Crippen LogP contribution in [0.2, 0.25) is 0 Å². The standard InChI is InChI=1S/C12H18N2/c1-4-9-14(10(2)3)12-8-6-5-7-11(12)13/h4-10H,13H2,1-3H3/b9-4-. The zero-order valence-corrected chi connectivity index (χ0v) is 9.07. The van der Waals surface area contributed by atoms with Crippen molar-refractivity contribution in [3.8, 4) is 0 Å². The molecule has 0 atom stereocenters. The van der Waals surface area contributed by atoms with Crippen molar-refractivity contribution in [1.82, 2.24) is 0 Å². The Morgan fingerprint density at radius 2 is 1.93 bits per heavy atom. The second-order valence-electron chi connectivity index (χ2n) is 3.54. The molecule has 0 radical (unpaired) electrons. The smallest absolute Gasteiger partial charge is 0.0642 e. The summed E-state index contributed by atoms with van der Waals surface area (Å²) in [7, 11) is 0. The van der Waals surface area contributed by atoms with Gasteiger partial charge in [-0.1, -0.05) is 18.2 Å². The predicted molar refractivity (Wildman–Crippen MR) is 63.3 cm³/mol. The lowest BCUT2D eigenvalue weighted by Gasteiger charge is -2.26. The first-order chi connectivity index (χ1) is 6.66. The SMILES string of the molecule is C/C=C\N(c1ccccc1N)C(C)C. The third kappa shape index (κ3) is 2.28. The highest BCUT2D eigenvalue weighted by Gasteiger charge is 2.08. The summed E-state index contributed by atoms with van der Waals surface area (Å²) >= 11 is 0. The fourth-order valence-corrected chi connectivity index (χ4v) is 1.41. The summed E-state index contributed by atoms with van der Waals surface area (Å²) in [5.74, 6) is 0. The van der Waals surface area contributed by atoms with Crippen molar-refractivity contribution in [2.75, 3.05) is 10.6 Å². The first kappa shape index (κ1) is 10.6. The lowest BCUT2D eigenvalue weighted by molar-refractivity contribution is 0.783. The number of hydrogen-bond donors (Lipinski definition) is 1. The van der Waals surface area contributed by atoms with E-state index < -0.39 is 0 Å². The van der Waals surface area contributed by atoms with Gasteiger partial charge in [-0.3, -0.25) is 0 Å². The van der Waals surface area contributed by atoms with Crippen LogP contribution in [0.5, 0.6) is 0 Å². The minimum Gasteiger partial charge on any atom is -0.397 e. The number of hydrogen-bond acceptors (Lipinski definition) is 2. The Balaban J connectivity index is 3.05. The summed E-state index contributed by atoms with van der Waals surface area (Å²) in [5, 5.41) is 0. The second-order valence-corrected chi connectivity index (χ2v) is 3.54. The Morgan fingerprint density at radius 1 is 1.29 bits per heavy atom. The highest BCUT2D eigenvalue weighted by Crippen LogP contribution is 2.24. The Bertz CT molecular complexity index is 316. The van der Waals surface area contributed by atoms with Gasteiger partial charge in [-0.25, -0.2) is 0 Å². The summed E-state index contributed by atoms with van der Waals surface area (Å²) in [5.41, 5.74) is 7.80. The van der Waals surface area contributed by atoms with Crippen LogP contribution in [-0.4, -0.2) is 6.04 Å². The Morgan fingerprint density at radius 3 is 2.43 bits per heavy atom. The molecule has 2 heteroatoms. The van der Waals surface area contributed by atoms with Gasteiger partial charge in [0.1, 0.15) is 0 Å². The second kappa shape index (κ2) is 4.70. The number of nitrogens with two attached hydrogens (primary N) is 1. The molecule has 1 aromatic rings. The highest BCUT2D eigenvalue weighted by atomic mass is 15.1. The highest BCUT2D eigenvalue weighted by molar-refractivity contribution is 5.68. The molecule has 0 saturated heterocycles. The normalized spacial score (nSPS) is 11.1. The summed E-state index contributed by atoms with van der Waals surface area (Å²) in [6, 6.07) is 8.33. The molecule has 0 spiro atoms. The largest absolute Gasteiger partial charge is 0.397 e. The van der Waals surface area contributed by atoms with Crippen molar-refractivity contribution < 1.29 is 0 Å². The number of benzene rings is 1. The first-order valence-corrected chi connectivity index (χ1v) is 4.92. The lowest BCUT2D eigenvalue weighted by atomic mass is 10.2. The van der Waals surface area contributed by atoms with Gasteiger partial charge in [-0.05, 0) is 32.9 Å². The van der Waals surface area contributed by atoms with Crippen LogP contribution in [0.1, 0.15) is 20.8 Å². The molecule has 0 aliphatic heterocycles. The van der Waals surface area contributed by atoms with Crippen LogP contribution in [-0.2, 0) is 0 Å². The zero-order chi connectivity index (χ0) is 10.6. The summed E-state index contributed by atoms with van der Waals surface area (Å²) in [6.07, 6.45) is 4.07. The molecule has 0 heterocycles. The van der Waals surface area contributed by atoms with E-state index in [0.29, 0.717) is 6.04 Å². The molecule has 0 saturated carbocycles. The Hall–Kier alpha value is -1.44. The van der Waals surface area contributed by atoms with Crippen LogP contribution in [0.4, 0.5) is 11.4 Å². The molecule has 0 unspecified atom stereocenters. The molecule has 0 fully saturated rings. The summed E-state index contributed by atoms with van der Waals surface area (Å²) in [6.45, 7) is 6.30. The van der Waals surface area contributed by atoms with E-state index in [0.717, 1.165) is 11.4 Å². The van der Waals surface area contributed by atoms with E-state index in [9.17, 15) is 0 Å². The molecule has 14 heavy (non-hydrogen) atoms. The van der Waals surface area contributed by atoms with E-state index in [4.69, 9.17) is 5.73 Å². The third-order valence-electron chi connectivity index (χ3n) is 2.08. The molecule has 76 valence electrons. The van der Waals surface area contributed by atoms with E-state index in [1.165, 1.54) is 0 Å². The number of allylic oxidation sites excluding steroid dienone is 1. The van der Waals surface area contributed by atoms with Crippen LogP contribution in [0.15, 0.2) is 36.5 Å². The van der Waals surface area contributed by atoms with Crippen LogP contribution >= 0.6 is 0 Å². The van der Waals surface area contributed by atoms with Crippen molar-refractivity contribution in [3.63, 3.8) is 0 Å². The third-order valence-corrected chi connectivity index (χ3v) is 2.08. The predicted octanol–water partition coefficient (Wildman–Crippen LogP) is 3.02. The average Bonchev–Trinajstić information content (AvgIpc) is 2.15. The van der Waals surface area contributed by atoms with E-state index in [1.807, 2.05) is 37.3 Å². The van der Waals surface area contributed by atoms with Crippen molar-refractivity contribution in [2.24, 2.45) is 0 Å². The van der Waals surface area contributed by atoms with Gasteiger partial charge in [0.2, 0.25) is 0 Å². The molecule has 0 aliphatic carbocycles. The minimum absolute atomic E-state index is 0.413. The molecule has 0 aromatic heterocycles. The van der Waals surface area contributed by atoms with Crippen molar-refractivity contribution in [3.05, 3.63) is 36.5 Å². The molecule has 1 rings (SSSR count). The quantitative estimate of drug-likeness (QED) is 0.742. The van der Waals surface area contributed by atoms with Gasteiger partial charge in [0.25, 0.3) is 0 Å². The number of nitrogens with zero attached hydrogens (tertiary/aromatic N) is 1. The number of anilines is 2. The number of nitrogen functional groups attached to an aromatic ring is 1. The van der Waals surface area contributed by atoms with Crippen LogP contribution in [0.3, 0.4) is 0 Å². The van der Waals surface area contributed by atoms with Gasteiger partial charge in [0.15, 0.2) is 0 Å². The van der Waals surface area contributed by atoms with Crippen molar-refractivity contribution >= 4 is 11.4 Å². The van der Waals surface area contributed by atoms with E-state index in [-0.39, 0.29) is 0 Å². The number of para-hydroxylation sites is 2. The molecule has 2 N–H and O–H groups in total. The molecular weight excluding hydrogens is 172 g/mol. The van der Waals surface area contributed by atoms with E-state index in [2.05, 4.69) is 24.9 Å². The van der Waals surface area contributed by atoms with Gasteiger partial charge in [-0.2, -0.15) is 0 Å². The maximum atomic E-state index is 5.91. The van der Waals surface area contributed by atoms with Crippen LogP contribution in [0.25, 0.3) is 0 Å². The Kier molecular flexibility index (Phi) is 3.57.